The van der Waals surface area contributed by atoms with E-state index in [1.807, 2.05) is 6.92 Å². The Bertz CT molecular complexity index is 883. The van der Waals surface area contributed by atoms with Crippen molar-refractivity contribution in [2.45, 2.75) is 109 Å². The Hall–Kier alpha value is -1.53. The van der Waals surface area contributed by atoms with Crippen molar-refractivity contribution in [3.05, 3.63) is 18.0 Å². The number of fused-ring (bicyclic) bond motifs is 5. The highest BCUT2D eigenvalue weighted by atomic mass is 16.1. The van der Waals surface area contributed by atoms with E-state index in [0.717, 1.165) is 38.3 Å². The van der Waals surface area contributed by atoms with Gasteiger partial charge >= 0.3 is 0 Å². The zero-order valence-electron chi connectivity index (χ0n) is 22.2. The molecule has 3 aliphatic heterocycles. The second kappa shape index (κ2) is 9.09. The Labute approximate surface area is 211 Å². The molecule has 0 amide bonds. The molecule has 192 valence electrons. The van der Waals surface area contributed by atoms with Crippen molar-refractivity contribution in [2.24, 2.45) is 10.8 Å². The van der Waals surface area contributed by atoms with Gasteiger partial charge in [-0.3, -0.25) is 9.69 Å². The average molecular weight is 480 g/mol. The lowest BCUT2D eigenvalue weighted by Crippen LogP contribution is -2.56. The standard InChI is InChI=1S/C29H45N5O/c1-21(2)33-18-25-4-5-26(19-33)34(25)27-30-16-24(17-31-27)23-6-14-32(15-7-23)20-28-8-11-29(12-9-28,13-10-28)22(3)35/h16-17,21,23,25-26H,4-15,18-20H2,1-3H3. The van der Waals surface area contributed by atoms with E-state index in [0.29, 0.717) is 35.2 Å². The molecule has 6 nitrogen and oxygen atoms in total. The summed E-state index contributed by atoms with van der Waals surface area (Å²) in [6.45, 7) is 12.4. The number of piperazine rings is 1. The smallest absolute Gasteiger partial charge is 0.225 e. The predicted molar refractivity (Wildman–Crippen MR) is 140 cm³/mol. The summed E-state index contributed by atoms with van der Waals surface area (Å²) < 4.78 is 0. The van der Waals surface area contributed by atoms with Crippen LogP contribution in [-0.2, 0) is 4.79 Å². The lowest BCUT2D eigenvalue weighted by molar-refractivity contribution is -0.136. The molecule has 4 heterocycles. The van der Waals surface area contributed by atoms with E-state index in [4.69, 9.17) is 9.97 Å². The van der Waals surface area contributed by atoms with Crippen molar-refractivity contribution in [2.75, 3.05) is 37.6 Å². The van der Waals surface area contributed by atoms with Crippen LogP contribution in [0, 0.1) is 10.8 Å². The third kappa shape index (κ3) is 4.33. The second-order valence-electron chi connectivity index (χ2n) is 13.0. The number of aromatic nitrogens is 2. The first-order chi connectivity index (χ1) is 16.9. The number of likely N-dealkylation sites (tertiary alicyclic amines) is 2. The van der Waals surface area contributed by atoms with Gasteiger partial charge in [0, 0.05) is 55.6 Å². The number of nitrogens with zero attached hydrogens (tertiary/aromatic N) is 5. The number of ketones is 1. The van der Waals surface area contributed by atoms with Crippen molar-refractivity contribution in [1.29, 1.82) is 0 Å². The third-order valence-electron chi connectivity index (χ3n) is 10.9. The first-order valence-electron chi connectivity index (χ1n) is 14.4. The van der Waals surface area contributed by atoms with Crippen molar-refractivity contribution in [3.8, 4) is 0 Å². The topological polar surface area (TPSA) is 52.6 Å². The van der Waals surface area contributed by atoms with E-state index in [1.165, 1.54) is 70.1 Å². The molecule has 35 heavy (non-hydrogen) atoms. The van der Waals surface area contributed by atoms with Gasteiger partial charge in [0.15, 0.2) is 0 Å². The zero-order valence-corrected chi connectivity index (χ0v) is 22.2. The molecule has 3 saturated carbocycles. The van der Waals surface area contributed by atoms with Gasteiger partial charge in [-0.15, -0.1) is 0 Å². The molecule has 6 aliphatic rings. The highest BCUT2D eigenvalue weighted by molar-refractivity contribution is 5.82. The van der Waals surface area contributed by atoms with Gasteiger partial charge in [0.1, 0.15) is 5.78 Å². The van der Waals surface area contributed by atoms with Crippen LogP contribution in [0.5, 0.6) is 0 Å². The van der Waals surface area contributed by atoms with E-state index < -0.39 is 0 Å². The van der Waals surface area contributed by atoms with E-state index in [-0.39, 0.29) is 5.41 Å². The van der Waals surface area contributed by atoms with Gasteiger partial charge in [-0.2, -0.15) is 0 Å². The minimum Gasteiger partial charge on any atom is -0.332 e. The molecular weight excluding hydrogens is 434 g/mol. The highest BCUT2D eigenvalue weighted by Gasteiger charge is 2.51. The molecule has 0 aromatic carbocycles. The van der Waals surface area contributed by atoms with Crippen molar-refractivity contribution in [1.82, 2.24) is 19.8 Å². The van der Waals surface area contributed by atoms with Crippen LogP contribution < -0.4 is 4.90 Å². The molecule has 6 fully saturated rings. The minimum absolute atomic E-state index is 0.0441. The van der Waals surface area contributed by atoms with Crippen LogP contribution in [0.25, 0.3) is 0 Å². The van der Waals surface area contributed by atoms with E-state index >= 15 is 0 Å². The van der Waals surface area contributed by atoms with Crippen LogP contribution in [-0.4, -0.2) is 76.4 Å². The maximum absolute atomic E-state index is 12.2. The fraction of sp³-hybridized carbons (Fsp3) is 0.828. The highest BCUT2D eigenvalue weighted by Crippen LogP contribution is 2.57. The molecule has 3 saturated heterocycles. The lowest BCUT2D eigenvalue weighted by atomic mass is 9.52. The number of hydrogen-bond acceptors (Lipinski definition) is 6. The van der Waals surface area contributed by atoms with Gasteiger partial charge in [0.05, 0.1) is 0 Å². The number of hydrogen-bond donors (Lipinski definition) is 0. The first-order valence-corrected chi connectivity index (χ1v) is 14.4. The maximum Gasteiger partial charge on any atom is 0.225 e. The molecule has 0 spiro atoms. The Morgan fingerprint density at radius 3 is 2.03 bits per heavy atom. The summed E-state index contributed by atoms with van der Waals surface area (Å²) in [5, 5.41) is 0. The van der Waals surface area contributed by atoms with Gasteiger partial charge in [-0.1, -0.05) is 0 Å². The number of rotatable bonds is 6. The molecule has 6 heteroatoms. The number of carbonyl (C=O) groups excluding carboxylic acids is 1. The molecule has 0 radical (unpaired) electrons. The van der Waals surface area contributed by atoms with Crippen molar-refractivity contribution in [3.63, 3.8) is 0 Å². The van der Waals surface area contributed by atoms with Gasteiger partial charge in [-0.25, -0.2) is 9.97 Å². The molecule has 7 rings (SSSR count). The van der Waals surface area contributed by atoms with E-state index in [9.17, 15) is 4.79 Å². The quantitative estimate of drug-likeness (QED) is 0.592. The average Bonchev–Trinajstić information content (AvgIpc) is 3.14. The number of Topliss-reactive ketones (excluding diaryl/α,β-unsaturated/α-hetero) is 1. The normalized spacial score (nSPS) is 36.3. The summed E-state index contributed by atoms with van der Waals surface area (Å²) in [7, 11) is 0. The molecular formula is C29H45N5O. The Morgan fingerprint density at radius 2 is 1.51 bits per heavy atom. The molecule has 4 bridgehead atoms. The fourth-order valence-electron chi connectivity index (χ4n) is 8.29. The maximum atomic E-state index is 12.2. The molecule has 2 unspecified atom stereocenters. The van der Waals surface area contributed by atoms with Crippen LogP contribution in [0.15, 0.2) is 12.4 Å². The molecule has 2 atom stereocenters. The molecule has 3 aliphatic carbocycles. The zero-order chi connectivity index (χ0) is 24.2. The summed E-state index contributed by atoms with van der Waals surface area (Å²) in [6.07, 6.45) is 16.4. The van der Waals surface area contributed by atoms with Crippen LogP contribution in [0.3, 0.4) is 0 Å². The summed E-state index contributed by atoms with van der Waals surface area (Å²) in [5.74, 6) is 2.00. The first kappa shape index (κ1) is 23.8. The van der Waals surface area contributed by atoms with Crippen LogP contribution in [0.1, 0.15) is 96.5 Å². The Balaban J connectivity index is 1.03. The Kier molecular flexibility index (Phi) is 6.19. The SMILES string of the molecule is CC(=O)C12CCC(CN3CCC(c4cnc(N5C6CCC5CN(C(C)C)C6)nc4)CC3)(CC1)CC2. The summed E-state index contributed by atoms with van der Waals surface area (Å²) >= 11 is 0. The lowest BCUT2D eigenvalue weighted by Gasteiger charge is -2.54. The minimum atomic E-state index is 0.0441. The molecule has 1 aromatic rings. The van der Waals surface area contributed by atoms with Crippen LogP contribution in [0.4, 0.5) is 5.95 Å². The fourth-order valence-corrected chi connectivity index (χ4v) is 8.29. The molecule has 0 N–H and O–H groups in total. The Morgan fingerprint density at radius 1 is 0.943 bits per heavy atom. The number of carbonyl (C=O) groups is 1. The summed E-state index contributed by atoms with van der Waals surface area (Å²) in [4.78, 5) is 29.9. The van der Waals surface area contributed by atoms with Crippen LogP contribution in [0.2, 0.25) is 0 Å². The largest absolute Gasteiger partial charge is 0.332 e. The predicted octanol–water partition coefficient (Wildman–Crippen LogP) is 4.65. The summed E-state index contributed by atoms with van der Waals surface area (Å²) in [5.41, 5.74) is 1.86. The monoisotopic (exact) mass is 479 g/mol. The van der Waals surface area contributed by atoms with Crippen molar-refractivity contribution < 1.29 is 4.79 Å². The van der Waals surface area contributed by atoms with Gasteiger partial charge in [-0.05, 0) is 115 Å². The van der Waals surface area contributed by atoms with Crippen molar-refractivity contribution >= 4 is 11.7 Å². The van der Waals surface area contributed by atoms with E-state index in [1.54, 1.807) is 0 Å². The molecule has 1 aromatic heterocycles. The third-order valence-corrected chi connectivity index (χ3v) is 10.9. The van der Waals surface area contributed by atoms with Gasteiger partial charge in [0.25, 0.3) is 0 Å². The number of anilines is 1. The van der Waals surface area contributed by atoms with Crippen LogP contribution >= 0.6 is 0 Å². The second-order valence-corrected chi connectivity index (χ2v) is 13.0. The van der Waals surface area contributed by atoms with Gasteiger partial charge < -0.3 is 9.80 Å². The summed E-state index contributed by atoms with van der Waals surface area (Å²) in [6, 6.07) is 1.77. The van der Waals surface area contributed by atoms with E-state index in [2.05, 4.69) is 40.9 Å². The van der Waals surface area contributed by atoms with Gasteiger partial charge in [0.2, 0.25) is 5.95 Å². The number of piperidine rings is 1.